The third-order valence-electron chi connectivity index (χ3n) is 5.23. The number of pyridine rings is 1. The maximum absolute atomic E-state index is 13.1. The molecule has 0 atom stereocenters. The smallest absolute Gasteiger partial charge is 0.268 e. The summed E-state index contributed by atoms with van der Waals surface area (Å²) >= 11 is 0. The third-order valence-corrected chi connectivity index (χ3v) is 5.23. The van der Waals surface area contributed by atoms with E-state index in [4.69, 9.17) is 4.74 Å². The maximum Gasteiger partial charge on any atom is 0.268 e. The van der Waals surface area contributed by atoms with Crippen molar-refractivity contribution < 1.29 is 14.3 Å². The van der Waals surface area contributed by atoms with E-state index in [9.17, 15) is 9.59 Å². The Morgan fingerprint density at radius 1 is 1.03 bits per heavy atom. The first kappa shape index (κ1) is 21.8. The Labute approximate surface area is 191 Å². The summed E-state index contributed by atoms with van der Waals surface area (Å²) in [7, 11) is 3.50. The van der Waals surface area contributed by atoms with Crippen LogP contribution in [-0.2, 0) is 18.4 Å². The van der Waals surface area contributed by atoms with Gasteiger partial charge in [0.15, 0.2) is 0 Å². The number of hydrogen-bond donors (Lipinski definition) is 2. The van der Waals surface area contributed by atoms with Crippen LogP contribution in [0.3, 0.4) is 0 Å². The van der Waals surface area contributed by atoms with Gasteiger partial charge in [0.1, 0.15) is 11.4 Å². The molecule has 0 spiro atoms. The van der Waals surface area contributed by atoms with E-state index in [-0.39, 0.29) is 12.2 Å². The quantitative estimate of drug-likeness (QED) is 0.430. The minimum atomic E-state index is -0.407. The molecule has 0 bridgehead atoms. The molecule has 0 fully saturated rings. The second-order valence-electron chi connectivity index (χ2n) is 7.46. The Kier molecular flexibility index (Phi) is 6.50. The van der Waals surface area contributed by atoms with Gasteiger partial charge in [0, 0.05) is 41.5 Å². The molecule has 7 heteroatoms. The molecule has 2 aromatic carbocycles. The number of amides is 2. The molecule has 2 N–H and O–H groups in total. The highest BCUT2D eigenvalue weighted by molar-refractivity contribution is 6.06. The highest BCUT2D eigenvalue weighted by atomic mass is 16.5. The van der Waals surface area contributed by atoms with Gasteiger partial charge >= 0.3 is 0 Å². The number of para-hydroxylation sites is 1. The normalized spacial score (nSPS) is 11.3. The van der Waals surface area contributed by atoms with Crippen LogP contribution in [0.15, 0.2) is 84.8 Å². The molecule has 2 aromatic heterocycles. The van der Waals surface area contributed by atoms with Gasteiger partial charge in [0.05, 0.1) is 19.3 Å². The largest absolute Gasteiger partial charge is 0.497 e. The fourth-order valence-electron chi connectivity index (χ4n) is 3.51. The lowest BCUT2D eigenvalue weighted by Gasteiger charge is -2.11. The minimum Gasteiger partial charge on any atom is -0.497 e. The highest BCUT2D eigenvalue weighted by Crippen LogP contribution is 2.22. The molecule has 0 saturated carbocycles. The van der Waals surface area contributed by atoms with Crippen LogP contribution in [0.4, 0.5) is 0 Å². The lowest BCUT2D eigenvalue weighted by atomic mass is 10.1. The van der Waals surface area contributed by atoms with Gasteiger partial charge in [-0.25, -0.2) is 0 Å². The molecule has 166 valence electrons. The van der Waals surface area contributed by atoms with Gasteiger partial charge in [-0.1, -0.05) is 24.3 Å². The second-order valence-corrected chi connectivity index (χ2v) is 7.46. The van der Waals surface area contributed by atoms with E-state index in [1.807, 2.05) is 60.3 Å². The lowest BCUT2D eigenvalue weighted by Crippen LogP contribution is -2.34. The van der Waals surface area contributed by atoms with E-state index < -0.39 is 11.8 Å². The average molecular weight is 441 g/mol. The molecular weight excluding hydrogens is 416 g/mol. The highest BCUT2D eigenvalue weighted by Gasteiger charge is 2.16. The van der Waals surface area contributed by atoms with E-state index in [1.54, 1.807) is 43.6 Å². The third kappa shape index (κ3) is 5.10. The number of methoxy groups -OCH3 is 1. The molecule has 0 aliphatic heterocycles. The van der Waals surface area contributed by atoms with Crippen molar-refractivity contribution in [2.45, 2.75) is 6.54 Å². The van der Waals surface area contributed by atoms with Crippen LogP contribution in [0.25, 0.3) is 17.0 Å². The Morgan fingerprint density at radius 2 is 1.79 bits per heavy atom. The van der Waals surface area contributed by atoms with Crippen molar-refractivity contribution in [1.82, 2.24) is 20.2 Å². The van der Waals surface area contributed by atoms with Crippen molar-refractivity contribution in [2.75, 3.05) is 7.11 Å². The van der Waals surface area contributed by atoms with Gasteiger partial charge < -0.3 is 19.9 Å². The molecule has 4 rings (SSSR count). The number of aryl methyl sites for hydroxylation is 1. The van der Waals surface area contributed by atoms with Gasteiger partial charge in [-0.05, 0) is 48.5 Å². The number of hydrogen-bond acceptors (Lipinski definition) is 4. The van der Waals surface area contributed by atoms with E-state index in [1.165, 1.54) is 0 Å². The number of carbonyl (C=O) groups is 2. The fourth-order valence-corrected chi connectivity index (χ4v) is 3.51. The predicted molar refractivity (Wildman–Crippen MR) is 127 cm³/mol. The fraction of sp³-hybridized carbons (Fsp3) is 0.115. The summed E-state index contributed by atoms with van der Waals surface area (Å²) in [6.07, 6.45) is 5.29. The van der Waals surface area contributed by atoms with Crippen molar-refractivity contribution in [1.29, 1.82) is 0 Å². The van der Waals surface area contributed by atoms with Crippen molar-refractivity contribution >= 4 is 28.8 Å². The Hall–Kier alpha value is -4.39. The molecule has 0 unspecified atom stereocenters. The van der Waals surface area contributed by atoms with E-state index in [2.05, 4.69) is 15.6 Å². The number of rotatable bonds is 7. The molecule has 0 aliphatic carbocycles. The zero-order valence-electron chi connectivity index (χ0n) is 18.4. The maximum atomic E-state index is 13.1. The molecule has 7 nitrogen and oxygen atoms in total. The molecule has 0 aliphatic rings. The van der Waals surface area contributed by atoms with Crippen molar-refractivity contribution in [3.05, 3.63) is 102 Å². The molecule has 0 radical (unpaired) electrons. The number of fused-ring (bicyclic) bond motifs is 1. The number of carbonyl (C=O) groups excluding carboxylic acids is 2. The second kappa shape index (κ2) is 9.82. The summed E-state index contributed by atoms with van der Waals surface area (Å²) in [4.78, 5) is 30.2. The number of aromatic nitrogens is 2. The van der Waals surface area contributed by atoms with Crippen LogP contribution < -0.4 is 15.4 Å². The van der Waals surface area contributed by atoms with Crippen LogP contribution in [0.2, 0.25) is 0 Å². The molecule has 0 saturated heterocycles. The minimum absolute atomic E-state index is 0.142. The monoisotopic (exact) mass is 440 g/mol. The first-order valence-corrected chi connectivity index (χ1v) is 10.4. The van der Waals surface area contributed by atoms with Crippen molar-refractivity contribution in [3.8, 4) is 5.75 Å². The molecule has 33 heavy (non-hydrogen) atoms. The summed E-state index contributed by atoms with van der Waals surface area (Å²) in [5, 5.41) is 6.59. The van der Waals surface area contributed by atoms with E-state index in [0.29, 0.717) is 11.3 Å². The molecule has 2 heterocycles. The van der Waals surface area contributed by atoms with Gasteiger partial charge in [-0.15, -0.1) is 0 Å². The summed E-state index contributed by atoms with van der Waals surface area (Å²) in [6.45, 7) is 0.241. The SMILES string of the molecule is COc1ccc(C(=O)N/C(=C\c2cn(C)c3ccccc23)C(=O)NCc2ccccn2)cc1. The number of ether oxygens (including phenoxy) is 1. The summed E-state index contributed by atoms with van der Waals surface area (Å²) in [5.74, 6) is -0.154. The average Bonchev–Trinajstić information content (AvgIpc) is 3.18. The molecular formula is C26H24N4O3. The van der Waals surface area contributed by atoms with Gasteiger partial charge in [-0.3, -0.25) is 14.6 Å². The summed E-state index contributed by atoms with van der Waals surface area (Å²) in [5.41, 5.74) is 3.13. The predicted octanol–water partition coefficient (Wildman–Crippen LogP) is 3.67. The van der Waals surface area contributed by atoms with Crippen LogP contribution in [0, 0.1) is 0 Å². The molecule has 2 amide bonds. The Bertz CT molecular complexity index is 1310. The van der Waals surface area contributed by atoms with Crippen LogP contribution in [0.1, 0.15) is 21.6 Å². The first-order chi connectivity index (χ1) is 16.0. The van der Waals surface area contributed by atoms with Crippen molar-refractivity contribution in [2.24, 2.45) is 7.05 Å². The zero-order valence-corrected chi connectivity index (χ0v) is 18.4. The number of nitrogens with one attached hydrogen (secondary N) is 2. The number of benzene rings is 2. The van der Waals surface area contributed by atoms with Crippen molar-refractivity contribution in [3.63, 3.8) is 0 Å². The lowest BCUT2D eigenvalue weighted by molar-refractivity contribution is -0.117. The molecule has 4 aromatic rings. The van der Waals surface area contributed by atoms with Crippen LogP contribution in [0.5, 0.6) is 5.75 Å². The Balaban J connectivity index is 1.63. The van der Waals surface area contributed by atoms with E-state index in [0.717, 1.165) is 22.2 Å². The van der Waals surface area contributed by atoms with E-state index >= 15 is 0 Å². The Morgan fingerprint density at radius 3 is 2.52 bits per heavy atom. The van der Waals surface area contributed by atoms with Gasteiger partial charge in [-0.2, -0.15) is 0 Å². The van der Waals surface area contributed by atoms with Gasteiger partial charge in [0.25, 0.3) is 11.8 Å². The van der Waals surface area contributed by atoms with Gasteiger partial charge in [0.2, 0.25) is 0 Å². The zero-order chi connectivity index (χ0) is 23.2. The summed E-state index contributed by atoms with van der Waals surface area (Å²) < 4.78 is 7.13. The topological polar surface area (TPSA) is 85.2 Å². The number of nitrogens with zero attached hydrogens (tertiary/aromatic N) is 2. The summed E-state index contributed by atoms with van der Waals surface area (Å²) in [6, 6.07) is 20.1. The first-order valence-electron chi connectivity index (χ1n) is 10.4. The standard InChI is InChI=1S/C26H24N4O3/c1-30-17-19(22-8-3-4-9-24(22)30)15-23(26(32)28-16-20-7-5-6-14-27-20)29-25(31)18-10-12-21(33-2)13-11-18/h3-15,17H,16H2,1-2H3,(H,28,32)(H,29,31)/b23-15-. The van der Waals surface area contributed by atoms with Crippen LogP contribution >= 0.6 is 0 Å². The van der Waals surface area contributed by atoms with Crippen LogP contribution in [-0.4, -0.2) is 28.5 Å².